The van der Waals surface area contributed by atoms with Crippen LogP contribution in [0.15, 0.2) is 42.6 Å². The molecule has 1 amide bonds. The first-order chi connectivity index (χ1) is 11.6. The van der Waals surface area contributed by atoms with Crippen molar-refractivity contribution in [2.75, 3.05) is 0 Å². The van der Waals surface area contributed by atoms with E-state index in [-0.39, 0.29) is 31.0 Å². The lowest BCUT2D eigenvalue weighted by Crippen LogP contribution is -2.24. The number of aliphatic hydroxyl groups is 1. The highest BCUT2D eigenvalue weighted by Gasteiger charge is 2.10. The smallest absolute Gasteiger partial charge is 0.224 e. The third-order valence-electron chi connectivity index (χ3n) is 3.85. The number of aliphatic hydroxyl groups excluding tert-OH is 1. The summed E-state index contributed by atoms with van der Waals surface area (Å²) in [5.41, 5.74) is 2.72. The van der Waals surface area contributed by atoms with E-state index < -0.39 is 5.82 Å². The van der Waals surface area contributed by atoms with Crippen LogP contribution in [-0.4, -0.2) is 16.0 Å². The third-order valence-corrected chi connectivity index (χ3v) is 4.09. The van der Waals surface area contributed by atoms with E-state index >= 15 is 0 Å². The van der Waals surface area contributed by atoms with E-state index in [0.29, 0.717) is 5.02 Å². The number of halogens is 2. The summed E-state index contributed by atoms with van der Waals surface area (Å²) in [6.45, 7) is -0.0915. The maximum absolute atomic E-state index is 13.3. The molecule has 6 heteroatoms. The predicted molar refractivity (Wildman–Crippen MR) is 91.2 cm³/mol. The Bertz CT molecular complexity index is 892. The number of carbonyl (C=O) groups is 1. The molecule has 124 valence electrons. The average molecular weight is 347 g/mol. The van der Waals surface area contributed by atoms with Crippen LogP contribution in [0.1, 0.15) is 16.7 Å². The zero-order chi connectivity index (χ0) is 17.1. The maximum atomic E-state index is 13.3. The molecule has 0 aliphatic rings. The molecule has 2 aromatic carbocycles. The second-order valence-corrected chi connectivity index (χ2v) is 5.98. The summed E-state index contributed by atoms with van der Waals surface area (Å²) in [6, 6.07) is 9.90. The molecule has 4 nitrogen and oxygen atoms in total. The normalized spacial score (nSPS) is 11.0. The molecule has 0 spiro atoms. The van der Waals surface area contributed by atoms with Gasteiger partial charge >= 0.3 is 0 Å². The molecule has 0 radical (unpaired) electrons. The largest absolute Gasteiger partial charge is 0.392 e. The van der Waals surface area contributed by atoms with Crippen LogP contribution in [0, 0.1) is 5.82 Å². The highest BCUT2D eigenvalue weighted by Crippen LogP contribution is 2.22. The second kappa shape index (κ2) is 7.03. The van der Waals surface area contributed by atoms with Gasteiger partial charge in [-0.15, -0.1) is 0 Å². The summed E-state index contributed by atoms with van der Waals surface area (Å²) in [4.78, 5) is 15.2. The van der Waals surface area contributed by atoms with E-state index in [4.69, 9.17) is 16.7 Å². The number of fused-ring (bicyclic) bond motifs is 1. The molecule has 0 aliphatic heterocycles. The van der Waals surface area contributed by atoms with Gasteiger partial charge in [0.1, 0.15) is 5.82 Å². The fourth-order valence-corrected chi connectivity index (χ4v) is 2.77. The van der Waals surface area contributed by atoms with Gasteiger partial charge in [0.25, 0.3) is 0 Å². The number of aromatic amines is 1. The number of nitrogens with one attached hydrogen (secondary N) is 2. The highest BCUT2D eigenvalue weighted by molar-refractivity contribution is 6.31. The Hall–Kier alpha value is -2.37. The first-order valence-corrected chi connectivity index (χ1v) is 7.85. The molecule has 3 aromatic rings. The monoisotopic (exact) mass is 346 g/mol. The lowest BCUT2D eigenvalue weighted by Gasteiger charge is -2.07. The van der Waals surface area contributed by atoms with Gasteiger partial charge in [0, 0.05) is 34.2 Å². The van der Waals surface area contributed by atoms with Crippen molar-refractivity contribution >= 4 is 28.4 Å². The van der Waals surface area contributed by atoms with Crippen molar-refractivity contribution in [2.24, 2.45) is 0 Å². The standard InChI is InChI=1S/C18H16ClFN2O2/c19-14-2-3-15-12(9-21-17(15)7-14)6-18(24)22-8-11-1-4-16(20)13(5-11)10-23/h1-5,7,9,21,23H,6,8,10H2,(H,22,24). The summed E-state index contributed by atoms with van der Waals surface area (Å²) in [5, 5.41) is 13.5. The molecular formula is C18H16ClFN2O2. The van der Waals surface area contributed by atoms with Crippen LogP contribution in [0.2, 0.25) is 5.02 Å². The highest BCUT2D eigenvalue weighted by atomic mass is 35.5. The SMILES string of the molecule is O=C(Cc1c[nH]c2cc(Cl)ccc12)NCc1ccc(F)c(CO)c1. The molecule has 0 fully saturated rings. The first kappa shape index (κ1) is 16.5. The van der Waals surface area contributed by atoms with Crippen molar-refractivity contribution in [1.29, 1.82) is 0 Å². The molecule has 0 saturated carbocycles. The molecule has 0 bridgehead atoms. The summed E-state index contributed by atoms with van der Waals surface area (Å²) >= 11 is 5.94. The second-order valence-electron chi connectivity index (χ2n) is 5.54. The third kappa shape index (κ3) is 3.58. The van der Waals surface area contributed by atoms with E-state index in [9.17, 15) is 9.18 Å². The Kier molecular flexibility index (Phi) is 4.83. The van der Waals surface area contributed by atoms with Gasteiger partial charge in [-0.25, -0.2) is 4.39 Å². The van der Waals surface area contributed by atoms with Gasteiger partial charge in [0.15, 0.2) is 0 Å². The average Bonchev–Trinajstić information content (AvgIpc) is 2.96. The minimum absolute atomic E-state index is 0.138. The number of H-pyrrole nitrogens is 1. The number of hydrogen-bond acceptors (Lipinski definition) is 2. The van der Waals surface area contributed by atoms with Crippen molar-refractivity contribution in [3.8, 4) is 0 Å². The predicted octanol–water partition coefficient (Wildman–Crippen LogP) is 3.31. The fourth-order valence-electron chi connectivity index (χ4n) is 2.60. The van der Waals surface area contributed by atoms with E-state index in [1.54, 1.807) is 24.4 Å². The van der Waals surface area contributed by atoms with Crippen LogP contribution in [0.5, 0.6) is 0 Å². The zero-order valence-electron chi connectivity index (χ0n) is 12.8. The van der Waals surface area contributed by atoms with Crippen molar-refractivity contribution in [2.45, 2.75) is 19.6 Å². The molecule has 24 heavy (non-hydrogen) atoms. The van der Waals surface area contributed by atoms with Crippen LogP contribution in [0.3, 0.4) is 0 Å². The Labute approximate surface area is 143 Å². The zero-order valence-corrected chi connectivity index (χ0v) is 13.5. The molecule has 0 aliphatic carbocycles. The van der Waals surface area contributed by atoms with E-state index in [2.05, 4.69) is 10.3 Å². The van der Waals surface area contributed by atoms with E-state index in [1.807, 2.05) is 12.1 Å². The van der Waals surface area contributed by atoms with Gasteiger partial charge < -0.3 is 15.4 Å². The number of rotatable bonds is 5. The number of benzene rings is 2. The fraction of sp³-hybridized carbons (Fsp3) is 0.167. The van der Waals surface area contributed by atoms with Crippen LogP contribution < -0.4 is 5.32 Å². The number of aromatic nitrogens is 1. The quantitative estimate of drug-likeness (QED) is 0.663. The maximum Gasteiger partial charge on any atom is 0.224 e. The molecule has 0 atom stereocenters. The van der Waals surface area contributed by atoms with Gasteiger partial charge in [-0.3, -0.25) is 4.79 Å². The lowest BCUT2D eigenvalue weighted by atomic mass is 10.1. The Morgan fingerprint density at radius 3 is 2.83 bits per heavy atom. The van der Waals surface area contributed by atoms with Crippen molar-refractivity contribution in [1.82, 2.24) is 10.3 Å². The van der Waals surface area contributed by atoms with Gasteiger partial charge in [-0.05, 0) is 35.4 Å². The lowest BCUT2D eigenvalue weighted by molar-refractivity contribution is -0.120. The number of carbonyl (C=O) groups excluding carboxylic acids is 1. The molecule has 3 rings (SSSR count). The van der Waals surface area contributed by atoms with Crippen molar-refractivity contribution in [3.05, 3.63) is 70.1 Å². The molecule has 0 saturated heterocycles. The van der Waals surface area contributed by atoms with Crippen LogP contribution in [-0.2, 0) is 24.4 Å². The van der Waals surface area contributed by atoms with Crippen molar-refractivity contribution in [3.63, 3.8) is 0 Å². The Morgan fingerprint density at radius 1 is 1.21 bits per heavy atom. The van der Waals surface area contributed by atoms with Crippen molar-refractivity contribution < 1.29 is 14.3 Å². The number of hydrogen-bond donors (Lipinski definition) is 3. The van der Waals surface area contributed by atoms with Gasteiger partial charge in [0.05, 0.1) is 13.0 Å². The molecule has 3 N–H and O–H groups in total. The van der Waals surface area contributed by atoms with E-state index in [1.165, 1.54) is 6.07 Å². The molecule has 1 aromatic heterocycles. The summed E-state index contributed by atoms with van der Waals surface area (Å²) in [7, 11) is 0. The minimum Gasteiger partial charge on any atom is -0.392 e. The van der Waals surface area contributed by atoms with Gasteiger partial charge in [0.2, 0.25) is 5.91 Å². The van der Waals surface area contributed by atoms with Gasteiger partial charge in [-0.1, -0.05) is 23.7 Å². The molecular weight excluding hydrogens is 331 g/mol. The molecule has 0 unspecified atom stereocenters. The Morgan fingerprint density at radius 2 is 2.04 bits per heavy atom. The summed E-state index contributed by atoms with van der Waals surface area (Å²) in [6.07, 6.45) is 2.03. The van der Waals surface area contributed by atoms with Crippen LogP contribution in [0.4, 0.5) is 4.39 Å². The minimum atomic E-state index is -0.454. The number of amides is 1. The van der Waals surface area contributed by atoms with Crippen LogP contribution in [0.25, 0.3) is 10.9 Å². The topological polar surface area (TPSA) is 65.1 Å². The van der Waals surface area contributed by atoms with Gasteiger partial charge in [-0.2, -0.15) is 0 Å². The van der Waals surface area contributed by atoms with Crippen LogP contribution >= 0.6 is 11.6 Å². The molecule has 1 heterocycles. The summed E-state index contributed by atoms with van der Waals surface area (Å²) in [5.74, 6) is -0.592. The van der Waals surface area contributed by atoms with E-state index in [0.717, 1.165) is 22.0 Å². The first-order valence-electron chi connectivity index (χ1n) is 7.47. The Balaban J connectivity index is 1.65. The summed E-state index contributed by atoms with van der Waals surface area (Å²) < 4.78 is 13.3.